The summed E-state index contributed by atoms with van der Waals surface area (Å²) in [6, 6.07) is 0.456. The minimum absolute atomic E-state index is 0.149. The molecule has 1 saturated heterocycles. The van der Waals surface area contributed by atoms with Crippen LogP contribution in [0.2, 0.25) is 0 Å². The van der Waals surface area contributed by atoms with Gasteiger partial charge in [-0.25, -0.2) is 0 Å². The molecule has 1 rings (SSSR count). The highest BCUT2D eigenvalue weighted by Gasteiger charge is 2.18. The van der Waals surface area contributed by atoms with E-state index in [4.69, 9.17) is 4.74 Å². The lowest BCUT2D eigenvalue weighted by Gasteiger charge is -2.31. The Balaban J connectivity index is 2.15. The molecule has 4 nitrogen and oxygen atoms in total. The summed E-state index contributed by atoms with van der Waals surface area (Å²) in [5.41, 5.74) is 1.37. The van der Waals surface area contributed by atoms with Crippen LogP contribution < -0.4 is 5.32 Å². The van der Waals surface area contributed by atoms with Crippen molar-refractivity contribution < 1.29 is 9.53 Å². The van der Waals surface area contributed by atoms with E-state index in [0.717, 1.165) is 32.5 Å². The first-order valence-corrected chi connectivity index (χ1v) is 6.86. The molecule has 0 bridgehead atoms. The van der Waals surface area contributed by atoms with Gasteiger partial charge in [-0.1, -0.05) is 11.6 Å². The maximum Gasteiger partial charge on any atom is 0.319 e. The van der Waals surface area contributed by atoms with Crippen LogP contribution in [-0.2, 0) is 9.53 Å². The second-order valence-corrected chi connectivity index (χ2v) is 5.04. The predicted octanol–water partition coefficient (Wildman–Crippen LogP) is 1.57. The van der Waals surface area contributed by atoms with Gasteiger partial charge in [0, 0.05) is 12.6 Å². The van der Waals surface area contributed by atoms with Gasteiger partial charge < -0.3 is 10.1 Å². The van der Waals surface area contributed by atoms with Gasteiger partial charge in [-0.05, 0) is 46.7 Å². The van der Waals surface area contributed by atoms with Crippen LogP contribution in [0.4, 0.5) is 0 Å². The Labute approximate surface area is 110 Å². The molecule has 0 saturated carbocycles. The average Bonchev–Trinajstić information content (AvgIpc) is 2.35. The summed E-state index contributed by atoms with van der Waals surface area (Å²) in [7, 11) is 0. The zero-order valence-electron chi connectivity index (χ0n) is 11.9. The van der Waals surface area contributed by atoms with Crippen LogP contribution >= 0.6 is 0 Å². The van der Waals surface area contributed by atoms with Crippen LogP contribution in [0.5, 0.6) is 0 Å². The van der Waals surface area contributed by atoms with E-state index in [1.165, 1.54) is 5.57 Å². The number of nitrogens with zero attached hydrogens (tertiary/aromatic N) is 1. The molecule has 18 heavy (non-hydrogen) atoms. The zero-order chi connectivity index (χ0) is 13.4. The first kappa shape index (κ1) is 15.2. The summed E-state index contributed by atoms with van der Waals surface area (Å²) in [6.07, 6.45) is 4.48. The van der Waals surface area contributed by atoms with E-state index in [1.54, 1.807) is 0 Å². The molecular weight excluding hydrogens is 228 g/mol. The molecule has 1 aliphatic rings. The van der Waals surface area contributed by atoms with Gasteiger partial charge in [0.05, 0.1) is 13.2 Å². The molecule has 0 atom stereocenters. The van der Waals surface area contributed by atoms with Gasteiger partial charge in [0.15, 0.2) is 0 Å². The molecular formula is C14H26N2O2. The molecule has 0 aliphatic carbocycles. The third kappa shape index (κ3) is 6.17. The lowest BCUT2D eigenvalue weighted by atomic mass is 10.1. The number of piperidine rings is 1. The number of esters is 1. The van der Waals surface area contributed by atoms with Crippen molar-refractivity contribution in [2.45, 2.75) is 39.7 Å². The largest absolute Gasteiger partial charge is 0.465 e. The Morgan fingerprint density at radius 2 is 2.06 bits per heavy atom. The first-order chi connectivity index (χ1) is 8.61. The Kier molecular flexibility index (Phi) is 6.98. The van der Waals surface area contributed by atoms with Crippen molar-refractivity contribution >= 4 is 5.97 Å². The van der Waals surface area contributed by atoms with Crippen molar-refractivity contribution in [1.29, 1.82) is 0 Å². The van der Waals surface area contributed by atoms with Crippen molar-refractivity contribution in [3.05, 3.63) is 11.6 Å². The summed E-state index contributed by atoms with van der Waals surface area (Å²) >= 11 is 0. The number of carbonyl (C=O) groups is 1. The van der Waals surface area contributed by atoms with Gasteiger partial charge in [0.2, 0.25) is 0 Å². The fourth-order valence-corrected chi connectivity index (χ4v) is 2.07. The molecule has 0 aromatic carbocycles. The second-order valence-electron chi connectivity index (χ2n) is 5.04. The number of carbonyl (C=O) groups excluding carboxylic acids is 1. The molecule has 0 radical (unpaired) electrons. The number of likely N-dealkylation sites (tertiary alicyclic amines) is 1. The normalized spacial score (nSPS) is 17.5. The molecule has 4 heteroatoms. The minimum Gasteiger partial charge on any atom is -0.465 e. The quantitative estimate of drug-likeness (QED) is 0.577. The topological polar surface area (TPSA) is 41.6 Å². The van der Waals surface area contributed by atoms with E-state index in [9.17, 15) is 4.79 Å². The number of allylic oxidation sites excluding steroid dienone is 1. The van der Waals surface area contributed by atoms with E-state index in [0.29, 0.717) is 19.2 Å². The first-order valence-electron chi connectivity index (χ1n) is 6.86. The highest BCUT2D eigenvalue weighted by Crippen LogP contribution is 2.10. The third-order valence-corrected chi connectivity index (χ3v) is 3.19. The highest BCUT2D eigenvalue weighted by molar-refractivity contribution is 5.71. The maximum atomic E-state index is 11.2. The average molecular weight is 254 g/mol. The van der Waals surface area contributed by atoms with Crippen molar-refractivity contribution in [3.63, 3.8) is 0 Å². The lowest BCUT2D eigenvalue weighted by Crippen LogP contribution is -2.44. The smallest absolute Gasteiger partial charge is 0.319 e. The number of hydrogen-bond acceptors (Lipinski definition) is 4. The second kappa shape index (κ2) is 8.27. The Morgan fingerprint density at radius 1 is 1.39 bits per heavy atom. The molecule has 0 amide bonds. The number of ether oxygens (including phenoxy) is 1. The molecule has 0 aromatic rings. The van der Waals surface area contributed by atoms with Gasteiger partial charge in [-0.15, -0.1) is 0 Å². The SMILES string of the molecule is CCOC(=O)CNC1CCN(CC=C(C)C)CC1. The van der Waals surface area contributed by atoms with Crippen molar-refractivity contribution in [1.82, 2.24) is 10.2 Å². The van der Waals surface area contributed by atoms with Crippen molar-refractivity contribution in [2.75, 3.05) is 32.8 Å². The maximum absolute atomic E-state index is 11.2. The molecule has 0 unspecified atom stereocenters. The van der Waals surface area contributed by atoms with E-state index in [-0.39, 0.29) is 5.97 Å². The molecule has 1 heterocycles. The summed E-state index contributed by atoms with van der Waals surface area (Å²) in [5, 5.41) is 3.27. The van der Waals surface area contributed by atoms with Crippen LogP contribution in [0.3, 0.4) is 0 Å². The van der Waals surface area contributed by atoms with Crippen LogP contribution in [0, 0.1) is 0 Å². The van der Waals surface area contributed by atoms with Gasteiger partial charge in [-0.3, -0.25) is 9.69 Å². The van der Waals surface area contributed by atoms with E-state index in [1.807, 2.05) is 6.92 Å². The van der Waals surface area contributed by atoms with Gasteiger partial charge in [0.1, 0.15) is 0 Å². The molecule has 1 aliphatic heterocycles. The summed E-state index contributed by atoms with van der Waals surface area (Å²) in [4.78, 5) is 13.7. The molecule has 104 valence electrons. The third-order valence-electron chi connectivity index (χ3n) is 3.19. The van der Waals surface area contributed by atoms with Gasteiger partial charge >= 0.3 is 5.97 Å². The molecule has 0 spiro atoms. The molecule has 1 fully saturated rings. The van der Waals surface area contributed by atoms with Crippen molar-refractivity contribution in [2.24, 2.45) is 0 Å². The van der Waals surface area contributed by atoms with Crippen molar-refractivity contribution in [3.8, 4) is 0 Å². The van der Waals surface area contributed by atoms with Gasteiger partial charge in [-0.2, -0.15) is 0 Å². The van der Waals surface area contributed by atoms with E-state index < -0.39 is 0 Å². The Morgan fingerprint density at radius 3 is 2.61 bits per heavy atom. The fraction of sp³-hybridized carbons (Fsp3) is 0.786. The predicted molar refractivity (Wildman–Crippen MR) is 73.5 cm³/mol. The van der Waals surface area contributed by atoms with Crippen LogP contribution in [0.25, 0.3) is 0 Å². The summed E-state index contributed by atoms with van der Waals surface area (Å²) in [6.45, 7) is 10.1. The number of hydrogen-bond donors (Lipinski definition) is 1. The monoisotopic (exact) mass is 254 g/mol. The van der Waals surface area contributed by atoms with Crippen LogP contribution in [0.1, 0.15) is 33.6 Å². The minimum atomic E-state index is -0.149. The number of rotatable bonds is 6. The van der Waals surface area contributed by atoms with Crippen LogP contribution in [0.15, 0.2) is 11.6 Å². The van der Waals surface area contributed by atoms with E-state index in [2.05, 4.69) is 30.1 Å². The zero-order valence-corrected chi connectivity index (χ0v) is 11.9. The molecule has 1 N–H and O–H groups in total. The Hall–Kier alpha value is -0.870. The summed E-state index contributed by atoms with van der Waals surface area (Å²) in [5.74, 6) is -0.149. The molecule has 0 aromatic heterocycles. The highest BCUT2D eigenvalue weighted by atomic mass is 16.5. The van der Waals surface area contributed by atoms with Crippen LogP contribution in [-0.4, -0.2) is 49.7 Å². The van der Waals surface area contributed by atoms with Gasteiger partial charge in [0.25, 0.3) is 0 Å². The summed E-state index contributed by atoms with van der Waals surface area (Å²) < 4.78 is 4.90. The fourth-order valence-electron chi connectivity index (χ4n) is 2.07. The number of nitrogens with one attached hydrogen (secondary N) is 1. The standard InChI is InChI=1S/C14H26N2O2/c1-4-18-14(17)11-15-13-6-9-16(10-7-13)8-5-12(2)3/h5,13,15H,4,6-11H2,1-3H3. The Bertz CT molecular complexity index is 278. The lowest BCUT2D eigenvalue weighted by molar-refractivity contribution is -0.142. The van der Waals surface area contributed by atoms with E-state index >= 15 is 0 Å².